The number of rotatable bonds is 5. The largest absolute Gasteiger partial charge is 0.310 e. The highest BCUT2D eigenvalue weighted by molar-refractivity contribution is 6.05. The smallest absolute Gasteiger partial charge is 0.100 e. The zero-order valence-corrected chi connectivity index (χ0v) is 23.3. The highest BCUT2D eigenvalue weighted by Gasteiger charge is 2.15. The van der Waals surface area contributed by atoms with E-state index >= 15 is 0 Å². The van der Waals surface area contributed by atoms with E-state index in [4.69, 9.17) is 0 Å². The summed E-state index contributed by atoms with van der Waals surface area (Å²) in [7, 11) is 0. The number of nitriles is 1. The minimum absolute atomic E-state index is 0.735. The number of fused-ring (bicyclic) bond motifs is 3. The maximum Gasteiger partial charge on any atom is 0.100 e. The molecule has 0 N–H and O–H groups in total. The standard InChI is InChI=1S/C40H28N2/c1-28-13-20-34(21-14-28)42(40-12-6-9-31-7-2-5-11-38(31)40)35-22-17-29(18-23-35)15-16-30-19-24-37-33(25-30)26-32-8-3-4-10-36(32)39(37)27-41/h2-26H,1H3/b16-15+. The lowest BCUT2D eigenvalue weighted by molar-refractivity contribution is 1.29. The van der Waals surface area contributed by atoms with Gasteiger partial charge in [-0.25, -0.2) is 0 Å². The predicted octanol–water partition coefficient (Wildman–Crippen LogP) is 11.0. The Morgan fingerprint density at radius 3 is 1.88 bits per heavy atom. The lowest BCUT2D eigenvalue weighted by atomic mass is 9.96. The van der Waals surface area contributed by atoms with E-state index in [0.717, 1.165) is 55.3 Å². The van der Waals surface area contributed by atoms with Gasteiger partial charge in [0.2, 0.25) is 0 Å². The van der Waals surface area contributed by atoms with Crippen LogP contribution in [-0.2, 0) is 0 Å². The van der Waals surface area contributed by atoms with Gasteiger partial charge in [-0.1, -0.05) is 115 Å². The lowest BCUT2D eigenvalue weighted by Crippen LogP contribution is -2.10. The normalized spacial score (nSPS) is 11.3. The summed E-state index contributed by atoms with van der Waals surface area (Å²) >= 11 is 0. The summed E-state index contributed by atoms with van der Waals surface area (Å²) in [6, 6.07) is 51.4. The Balaban J connectivity index is 1.23. The van der Waals surface area contributed by atoms with Crippen LogP contribution in [0.3, 0.4) is 0 Å². The lowest BCUT2D eigenvalue weighted by Gasteiger charge is -2.27. The maximum absolute atomic E-state index is 9.86. The first-order chi connectivity index (χ1) is 20.7. The van der Waals surface area contributed by atoms with Gasteiger partial charge in [0.1, 0.15) is 6.07 Å². The van der Waals surface area contributed by atoms with Gasteiger partial charge in [-0.05, 0) is 76.7 Å². The molecule has 42 heavy (non-hydrogen) atoms. The first kappa shape index (κ1) is 25.3. The summed E-state index contributed by atoms with van der Waals surface area (Å²) < 4.78 is 0. The molecule has 0 unspecified atom stereocenters. The average Bonchev–Trinajstić information content (AvgIpc) is 3.04. The number of benzene rings is 7. The van der Waals surface area contributed by atoms with Crippen molar-refractivity contribution in [1.82, 2.24) is 0 Å². The van der Waals surface area contributed by atoms with E-state index in [1.165, 1.54) is 16.3 Å². The van der Waals surface area contributed by atoms with Crippen LogP contribution in [0.15, 0.2) is 140 Å². The molecule has 0 amide bonds. The molecular formula is C40H28N2. The first-order valence-electron chi connectivity index (χ1n) is 14.2. The number of nitrogens with zero attached hydrogens (tertiary/aromatic N) is 2. The summed E-state index contributed by atoms with van der Waals surface area (Å²) in [5.74, 6) is 0. The van der Waals surface area contributed by atoms with Gasteiger partial charge in [-0.3, -0.25) is 0 Å². The van der Waals surface area contributed by atoms with Crippen molar-refractivity contribution in [1.29, 1.82) is 5.26 Å². The topological polar surface area (TPSA) is 27.0 Å². The first-order valence-corrected chi connectivity index (χ1v) is 14.2. The van der Waals surface area contributed by atoms with Crippen LogP contribution in [0.2, 0.25) is 0 Å². The van der Waals surface area contributed by atoms with Gasteiger partial charge >= 0.3 is 0 Å². The average molecular weight is 537 g/mol. The zero-order chi connectivity index (χ0) is 28.5. The van der Waals surface area contributed by atoms with Crippen molar-refractivity contribution in [2.24, 2.45) is 0 Å². The molecule has 0 saturated heterocycles. The van der Waals surface area contributed by atoms with Crippen LogP contribution < -0.4 is 4.90 Å². The van der Waals surface area contributed by atoms with E-state index < -0.39 is 0 Å². The summed E-state index contributed by atoms with van der Waals surface area (Å²) in [6.45, 7) is 2.12. The summed E-state index contributed by atoms with van der Waals surface area (Å²) in [6.07, 6.45) is 4.28. The predicted molar refractivity (Wildman–Crippen MR) is 178 cm³/mol. The highest BCUT2D eigenvalue weighted by atomic mass is 15.1. The van der Waals surface area contributed by atoms with Gasteiger partial charge < -0.3 is 4.90 Å². The monoisotopic (exact) mass is 536 g/mol. The Morgan fingerprint density at radius 2 is 1.12 bits per heavy atom. The fourth-order valence-electron chi connectivity index (χ4n) is 5.77. The van der Waals surface area contributed by atoms with Crippen LogP contribution in [0.4, 0.5) is 17.1 Å². The zero-order valence-electron chi connectivity index (χ0n) is 23.3. The molecule has 0 aromatic heterocycles. The second-order valence-corrected chi connectivity index (χ2v) is 10.7. The minimum atomic E-state index is 0.735. The van der Waals surface area contributed by atoms with Gasteiger partial charge in [-0.2, -0.15) is 5.26 Å². The third kappa shape index (κ3) is 4.68. The summed E-state index contributed by atoms with van der Waals surface area (Å²) in [5, 5.41) is 16.4. The Kier molecular flexibility index (Phi) is 6.47. The number of hydrogen-bond donors (Lipinski definition) is 0. The second kappa shape index (κ2) is 10.7. The van der Waals surface area contributed by atoms with Gasteiger partial charge in [0.15, 0.2) is 0 Å². The van der Waals surface area contributed by atoms with Crippen LogP contribution in [0.1, 0.15) is 22.3 Å². The molecule has 0 fully saturated rings. The van der Waals surface area contributed by atoms with Gasteiger partial charge in [-0.15, -0.1) is 0 Å². The van der Waals surface area contributed by atoms with Gasteiger partial charge in [0.25, 0.3) is 0 Å². The van der Waals surface area contributed by atoms with Crippen molar-refractivity contribution >= 4 is 61.5 Å². The molecule has 198 valence electrons. The minimum Gasteiger partial charge on any atom is -0.310 e. The van der Waals surface area contributed by atoms with Crippen LogP contribution in [0, 0.1) is 18.3 Å². The van der Waals surface area contributed by atoms with E-state index in [0.29, 0.717) is 0 Å². The van der Waals surface area contributed by atoms with E-state index in [1.807, 2.05) is 18.2 Å². The molecule has 0 spiro atoms. The fraction of sp³-hybridized carbons (Fsp3) is 0.0250. The van der Waals surface area contributed by atoms with E-state index in [-0.39, 0.29) is 0 Å². The van der Waals surface area contributed by atoms with Crippen molar-refractivity contribution in [3.05, 3.63) is 162 Å². The molecule has 7 aromatic rings. The summed E-state index contributed by atoms with van der Waals surface area (Å²) in [5.41, 5.74) is 7.58. The van der Waals surface area contributed by atoms with E-state index in [2.05, 4.69) is 151 Å². The van der Waals surface area contributed by atoms with Crippen molar-refractivity contribution in [2.45, 2.75) is 6.92 Å². The molecule has 0 heterocycles. The number of anilines is 3. The number of hydrogen-bond acceptors (Lipinski definition) is 2. The highest BCUT2D eigenvalue weighted by Crippen LogP contribution is 2.39. The summed E-state index contributed by atoms with van der Waals surface area (Å²) in [4.78, 5) is 2.33. The molecule has 7 aromatic carbocycles. The SMILES string of the molecule is Cc1ccc(N(c2ccc(/C=C/c3ccc4c(C#N)c5ccccc5cc4c3)cc2)c2cccc3ccccc23)cc1. The number of aryl methyl sites for hydroxylation is 1. The molecule has 2 nitrogen and oxygen atoms in total. The molecule has 0 aliphatic heterocycles. The van der Waals surface area contributed by atoms with Crippen LogP contribution in [-0.4, -0.2) is 0 Å². The molecule has 0 radical (unpaired) electrons. The molecular weight excluding hydrogens is 508 g/mol. The Morgan fingerprint density at radius 1 is 0.524 bits per heavy atom. The van der Waals surface area contributed by atoms with E-state index in [1.54, 1.807) is 0 Å². The second-order valence-electron chi connectivity index (χ2n) is 10.7. The van der Waals surface area contributed by atoms with Gasteiger partial charge in [0.05, 0.1) is 11.3 Å². The van der Waals surface area contributed by atoms with Crippen LogP contribution in [0.25, 0.3) is 44.5 Å². The third-order valence-corrected chi connectivity index (χ3v) is 7.92. The van der Waals surface area contributed by atoms with Crippen molar-refractivity contribution in [3.8, 4) is 6.07 Å². The molecule has 7 rings (SSSR count). The third-order valence-electron chi connectivity index (χ3n) is 7.92. The van der Waals surface area contributed by atoms with Crippen LogP contribution >= 0.6 is 0 Å². The Hall–Kier alpha value is -5.65. The molecule has 0 bridgehead atoms. The molecule has 2 heteroatoms. The van der Waals surface area contributed by atoms with Gasteiger partial charge in [0, 0.05) is 27.5 Å². The maximum atomic E-state index is 9.86. The molecule has 0 aliphatic carbocycles. The molecule has 0 saturated carbocycles. The van der Waals surface area contributed by atoms with Crippen molar-refractivity contribution in [2.75, 3.05) is 4.90 Å². The fourth-order valence-corrected chi connectivity index (χ4v) is 5.77. The molecule has 0 atom stereocenters. The molecule has 0 aliphatic rings. The van der Waals surface area contributed by atoms with Crippen LogP contribution in [0.5, 0.6) is 0 Å². The quantitative estimate of drug-likeness (QED) is 0.162. The van der Waals surface area contributed by atoms with Crippen molar-refractivity contribution < 1.29 is 0 Å². The van der Waals surface area contributed by atoms with E-state index in [9.17, 15) is 5.26 Å². The van der Waals surface area contributed by atoms with Crippen molar-refractivity contribution in [3.63, 3.8) is 0 Å². The Bertz CT molecular complexity index is 2140. The Labute approximate surface area is 246 Å².